The van der Waals surface area contributed by atoms with Gasteiger partial charge in [-0.25, -0.2) is 0 Å². The quantitative estimate of drug-likeness (QED) is 0.612. The predicted molar refractivity (Wildman–Crippen MR) is 40.7 cm³/mol. The van der Waals surface area contributed by atoms with Gasteiger partial charge in [-0.15, -0.1) is 0 Å². The zero-order valence-corrected chi connectivity index (χ0v) is 6.36. The van der Waals surface area contributed by atoms with Gasteiger partial charge in [0.1, 0.15) is 0 Å². The molecule has 0 N–H and O–H groups in total. The molecule has 12 heavy (non-hydrogen) atoms. The minimum absolute atomic E-state index is 0.259. The van der Waals surface area contributed by atoms with Gasteiger partial charge in [0.2, 0.25) is 0 Å². The third-order valence-electron chi connectivity index (χ3n) is 1.40. The van der Waals surface area contributed by atoms with Crippen LogP contribution in [0.2, 0.25) is 0 Å². The van der Waals surface area contributed by atoms with Crippen molar-refractivity contribution < 1.29 is 13.2 Å². The van der Waals surface area contributed by atoms with E-state index in [1.165, 1.54) is 12.1 Å². The van der Waals surface area contributed by atoms with Crippen LogP contribution in [0.4, 0.5) is 13.2 Å². The maximum atomic E-state index is 11.9. The Labute approximate surface area is 69.0 Å². The summed E-state index contributed by atoms with van der Waals surface area (Å²) in [6, 6.07) is 6.12. The van der Waals surface area contributed by atoms with Gasteiger partial charge < -0.3 is 0 Å². The first-order valence-electron chi connectivity index (χ1n) is 3.45. The highest BCUT2D eigenvalue weighted by Crippen LogP contribution is 2.21. The molecule has 0 atom stereocenters. The molecule has 65 valence electrons. The molecule has 0 aliphatic rings. The van der Waals surface area contributed by atoms with E-state index in [1.807, 2.05) is 0 Å². The van der Waals surface area contributed by atoms with E-state index in [0.29, 0.717) is 5.56 Å². The van der Waals surface area contributed by atoms with Gasteiger partial charge in [0.25, 0.3) is 0 Å². The molecule has 1 radical (unpaired) electrons. The summed E-state index contributed by atoms with van der Waals surface area (Å²) >= 11 is 0. The molecular formula is C9H8F3. The molecule has 0 amide bonds. The minimum atomic E-state index is -4.13. The molecule has 0 nitrogen and oxygen atoms in total. The van der Waals surface area contributed by atoms with Crippen LogP contribution in [-0.4, -0.2) is 6.18 Å². The predicted octanol–water partition coefficient (Wildman–Crippen LogP) is 2.97. The van der Waals surface area contributed by atoms with Crippen molar-refractivity contribution in [3.8, 4) is 0 Å². The third kappa shape index (κ3) is 2.95. The molecule has 0 fully saturated rings. The largest absolute Gasteiger partial charge is 0.393 e. The topological polar surface area (TPSA) is 0 Å². The normalized spacial score (nSPS) is 11.7. The van der Waals surface area contributed by atoms with Gasteiger partial charge >= 0.3 is 6.18 Å². The van der Waals surface area contributed by atoms with E-state index in [4.69, 9.17) is 0 Å². The van der Waals surface area contributed by atoms with Crippen LogP contribution in [0.1, 0.15) is 11.1 Å². The van der Waals surface area contributed by atoms with Crippen LogP contribution < -0.4 is 0 Å². The fourth-order valence-corrected chi connectivity index (χ4v) is 0.971. The van der Waals surface area contributed by atoms with Gasteiger partial charge in [-0.2, -0.15) is 13.2 Å². The second-order valence-corrected chi connectivity index (χ2v) is 2.61. The molecule has 1 aromatic carbocycles. The molecule has 0 saturated heterocycles. The van der Waals surface area contributed by atoms with Crippen LogP contribution in [0, 0.1) is 6.92 Å². The van der Waals surface area contributed by atoms with Crippen molar-refractivity contribution in [1.82, 2.24) is 0 Å². The van der Waals surface area contributed by atoms with E-state index in [2.05, 4.69) is 6.92 Å². The van der Waals surface area contributed by atoms with Crippen LogP contribution in [-0.2, 0) is 6.42 Å². The summed E-state index contributed by atoms with van der Waals surface area (Å²) in [6.07, 6.45) is -5.01. The first-order valence-corrected chi connectivity index (χ1v) is 3.45. The molecule has 0 saturated carbocycles. The van der Waals surface area contributed by atoms with E-state index in [-0.39, 0.29) is 5.56 Å². The zero-order valence-electron chi connectivity index (χ0n) is 6.36. The van der Waals surface area contributed by atoms with Crippen LogP contribution in [0.3, 0.4) is 0 Å². The van der Waals surface area contributed by atoms with Gasteiger partial charge in [0.15, 0.2) is 0 Å². The highest BCUT2D eigenvalue weighted by atomic mass is 19.4. The number of hydrogen-bond acceptors (Lipinski definition) is 0. The van der Waals surface area contributed by atoms with Crippen molar-refractivity contribution in [2.75, 3.05) is 0 Å². The maximum Gasteiger partial charge on any atom is 0.393 e. The fourth-order valence-electron chi connectivity index (χ4n) is 0.971. The Morgan fingerprint density at radius 1 is 1.25 bits per heavy atom. The minimum Gasteiger partial charge on any atom is -0.171 e. The molecule has 0 aromatic heterocycles. The summed E-state index contributed by atoms with van der Waals surface area (Å²) in [5, 5.41) is 0. The van der Waals surface area contributed by atoms with E-state index >= 15 is 0 Å². The Hall–Kier alpha value is -0.990. The molecule has 0 spiro atoms. The van der Waals surface area contributed by atoms with Crippen LogP contribution >= 0.6 is 0 Å². The highest BCUT2D eigenvalue weighted by molar-refractivity contribution is 5.25. The Bertz CT molecular complexity index is 263. The molecule has 1 aromatic rings. The molecule has 0 bridgehead atoms. The van der Waals surface area contributed by atoms with Gasteiger partial charge in [0, 0.05) is 0 Å². The lowest BCUT2D eigenvalue weighted by atomic mass is 10.1. The fraction of sp³-hybridized carbons (Fsp3) is 0.222. The number of halogens is 3. The molecule has 0 aliphatic heterocycles. The van der Waals surface area contributed by atoms with Crippen molar-refractivity contribution in [2.45, 2.75) is 12.6 Å². The van der Waals surface area contributed by atoms with Gasteiger partial charge in [-0.1, -0.05) is 24.3 Å². The first-order chi connectivity index (χ1) is 5.47. The molecule has 0 unspecified atom stereocenters. The summed E-state index contributed by atoms with van der Waals surface area (Å²) in [5.41, 5.74) is 0.867. The van der Waals surface area contributed by atoms with E-state index < -0.39 is 12.6 Å². The lowest BCUT2D eigenvalue weighted by Gasteiger charge is -2.06. The molecule has 1 rings (SSSR count). The monoisotopic (exact) mass is 173 g/mol. The maximum absolute atomic E-state index is 11.9. The highest BCUT2D eigenvalue weighted by Gasteiger charge is 2.27. The average Bonchev–Trinajstić information content (AvgIpc) is 1.82. The Morgan fingerprint density at radius 3 is 2.42 bits per heavy atom. The van der Waals surface area contributed by atoms with Crippen molar-refractivity contribution in [3.05, 3.63) is 42.3 Å². The van der Waals surface area contributed by atoms with Crippen LogP contribution in [0.25, 0.3) is 0 Å². The first kappa shape index (κ1) is 9.10. The zero-order chi connectivity index (χ0) is 9.19. The number of alkyl halides is 3. The summed E-state index contributed by atoms with van der Waals surface area (Å²) < 4.78 is 35.6. The Kier molecular flexibility index (Phi) is 2.40. The van der Waals surface area contributed by atoms with Gasteiger partial charge in [0.05, 0.1) is 6.42 Å². The Balaban J connectivity index is 2.77. The number of rotatable bonds is 1. The van der Waals surface area contributed by atoms with Crippen LogP contribution in [0.15, 0.2) is 24.3 Å². The summed E-state index contributed by atoms with van der Waals surface area (Å²) in [4.78, 5) is 0. The van der Waals surface area contributed by atoms with Crippen molar-refractivity contribution >= 4 is 0 Å². The van der Waals surface area contributed by atoms with E-state index in [1.54, 1.807) is 12.1 Å². The van der Waals surface area contributed by atoms with Crippen molar-refractivity contribution in [2.24, 2.45) is 0 Å². The summed E-state index contributed by atoms with van der Waals surface area (Å²) in [5.74, 6) is 0. The van der Waals surface area contributed by atoms with Gasteiger partial charge in [-0.05, 0) is 18.1 Å². The summed E-state index contributed by atoms with van der Waals surface area (Å²) in [7, 11) is 0. The number of hydrogen-bond donors (Lipinski definition) is 0. The van der Waals surface area contributed by atoms with E-state index in [0.717, 1.165) is 0 Å². The van der Waals surface area contributed by atoms with Crippen LogP contribution in [0.5, 0.6) is 0 Å². The number of benzene rings is 1. The van der Waals surface area contributed by atoms with E-state index in [9.17, 15) is 13.2 Å². The van der Waals surface area contributed by atoms with Crippen molar-refractivity contribution in [3.63, 3.8) is 0 Å². The SMILES string of the molecule is [CH2]c1cccc(CC(F)(F)F)c1. The second-order valence-electron chi connectivity index (χ2n) is 2.61. The van der Waals surface area contributed by atoms with Crippen molar-refractivity contribution in [1.29, 1.82) is 0 Å². The smallest absolute Gasteiger partial charge is 0.171 e. The molecular weight excluding hydrogens is 165 g/mol. The lowest BCUT2D eigenvalue weighted by molar-refractivity contribution is -0.127. The molecule has 0 aliphatic carbocycles. The molecule has 0 heterocycles. The third-order valence-corrected chi connectivity index (χ3v) is 1.40. The standard InChI is InChI=1S/C9H8F3/c1-7-3-2-4-8(5-7)6-9(10,11)12/h2-5H,1,6H2. The lowest BCUT2D eigenvalue weighted by Crippen LogP contribution is -2.11. The summed E-state index contributed by atoms with van der Waals surface area (Å²) in [6.45, 7) is 3.54. The average molecular weight is 173 g/mol. The molecule has 3 heteroatoms. The Morgan fingerprint density at radius 2 is 1.92 bits per heavy atom. The second kappa shape index (κ2) is 3.17. The van der Waals surface area contributed by atoms with Gasteiger partial charge in [-0.3, -0.25) is 0 Å².